The predicted octanol–water partition coefficient (Wildman–Crippen LogP) is 1.59. The number of aliphatic hydroxyl groups is 1. The minimum absolute atomic E-state index is 0.352. The standard InChI is InChI=1S/C9H14O4/c1-8(2,11)5-6-9(3,4)13-7(10)12-6/h5,11H,1-4H3/b6-5-. The molecule has 1 heterocycles. The average molecular weight is 186 g/mol. The third kappa shape index (κ3) is 2.45. The molecule has 0 aromatic heterocycles. The minimum atomic E-state index is -1.01. The maximum atomic E-state index is 10.8. The number of rotatable bonds is 1. The van der Waals surface area contributed by atoms with Crippen molar-refractivity contribution in [2.75, 3.05) is 0 Å². The second kappa shape index (κ2) is 2.73. The third-order valence-electron chi connectivity index (χ3n) is 1.61. The molecule has 0 aromatic rings. The summed E-state index contributed by atoms with van der Waals surface area (Å²) in [5, 5.41) is 9.47. The fraction of sp³-hybridized carbons (Fsp3) is 0.667. The topological polar surface area (TPSA) is 55.8 Å². The molecule has 4 heteroatoms. The van der Waals surface area contributed by atoms with Crippen molar-refractivity contribution in [1.29, 1.82) is 0 Å². The van der Waals surface area contributed by atoms with Crippen LogP contribution in [0.15, 0.2) is 11.8 Å². The van der Waals surface area contributed by atoms with Gasteiger partial charge in [-0.2, -0.15) is 0 Å². The lowest BCUT2D eigenvalue weighted by atomic mass is 10.0. The van der Waals surface area contributed by atoms with Crippen molar-refractivity contribution in [2.45, 2.75) is 38.9 Å². The van der Waals surface area contributed by atoms with E-state index in [0.29, 0.717) is 5.76 Å². The highest BCUT2D eigenvalue weighted by molar-refractivity contribution is 5.66. The molecule has 1 saturated heterocycles. The van der Waals surface area contributed by atoms with Crippen LogP contribution in [0.2, 0.25) is 0 Å². The maximum absolute atomic E-state index is 10.8. The molecule has 1 fully saturated rings. The van der Waals surface area contributed by atoms with Crippen LogP contribution in [-0.4, -0.2) is 22.5 Å². The molecule has 13 heavy (non-hydrogen) atoms. The molecule has 1 aliphatic heterocycles. The van der Waals surface area contributed by atoms with Crippen molar-refractivity contribution in [1.82, 2.24) is 0 Å². The Kier molecular flexibility index (Phi) is 2.11. The van der Waals surface area contributed by atoms with Crippen LogP contribution in [0.3, 0.4) is 0 Å². The van der Waals surface area contributed by atoms with Gasteiger partial charge in [-0.3, -0.25) is 0 Å². The van der Waals surface area contributed by atoms with Gasteiger partial charge in [0.2, 0.25) is 0 Å². The van der Waals surface area contributed by atoms with Crippen molar-refractivity contribution in [3.05, 3.63) is 11.8 Å². The molecule has 0 unspecified atom stereocenters. The summed E-state index contributed by atoms with van der Waals surface area (Å²) in [6.45, 7) is 6.61. The molecule has 0 amide bonds. The van der Waals surface area contributed by atoms with Gasteiger partial charge in [0.05, 0.1) is 5.60 Å². The van der Waals surface area contributed by atoms with E-state index in [1.54, 1.807) is 27.7 Å². The highest BCUT2D eigenvalue weighted by Crippen LogP contribution is 2.31. The van der Waals surface area contributed by atoms with Crippen LogP contribution in [0.25, 0.3) is 0 Å². The number of hydrogen-bond acceptors (Lipinski definition) is 4. The number of hydrogen-bond donors (Lipinski definition) is 1. The number of ether oxygens (including phenoxy) is 2. The molecule has 1 aliphatic rings. The number of cyclic esters (lactones) is 2. The SMILES string of the molecule is CC(C)(O)/C=C1\OC(=O)OC1(C)C. The first kappa shape index (κ1) is 10.1. The van der Waals surface area contributed by atoms with Crippen molar-refractivity contribution < 1.29 is 19.4 Å². The normalized spacial score (nSPS) is 24.4. The zero-order valence-corrected chi connectivity index (χ0v) is 8.25. The van der Waals surface area contributed by atoms with E-state index >= 15 is 0 Å². The largest absolute Gasteiger partial charge is 0.514 e. The van der Waals surface area contributed by atoms with Gasteiger partial charge in [0.1, 0.15) is 0 Å². The fourth-order valence-corrected chi connectivity index (χ4v) is 1.02. The van der Waals surface area contributed by atoms with Crippen LogP contribution in [0.5, 0.6) is 0 Å². The molecular weight excluding hydrogens is 172 g/mol. The second-order valence-corrected chi connectivity index (χ2v) is 4.13. The summed E-state index contributed by atoms with van der Waals surface area (Å²) in [5.41, 5.74) is -1.79. The van der Waals surface area contributed by atoms with Crippen LogP contribution in [-0.2, 0) is 9.47 Å². The molecule has 0 bridgehead atoms. The van der Waals surface area contributed by atoms with E-state index in [1.165, 1.54) is 6.08 Å². The van der Waals surface area contributed by atoms with Crippen molar-refractivity contribution in [3.63, 3.8) is 0 Å². The smallest absolute Gasteiger partial charge is 0.420 e. The predicted molar refractivity (Wildman–Crippen MR) is 46.0 cm³/mol. The lowest BCUT2D eigenvalue weighted by Crippen LogP contribution is -2.24. The van der Waals surface area contributed by atoms with E-state index in [2.05, 4.69) is 0 Å². The Morgan fingerprint density at radius 2 is 2.00 bits per heavy atom. The molecule has 0 spiro atoms. The number of carbonyl (C=O) groups excluding carboxylic acids is 1. The van der Waals surface area contributed by atoms with Gasteiger partial charge in [0.15, 0.2) is 11.4 Å². The Bertz CT molecular complexity index is 257. The highest BCUT2D eigenvalue weighted by atomic mass is 16.8. The Labute approximate surface area is 77.1 Å². The molecule has 0 atom stereocenters. The first-order valence-corrected chi connectivity index (χ1v) is 4.07. The zero-order valence-electron chi connectivity index (χ0n) is 8.25. The van der Waals surface area contributed by atoms with Crippen molar-refractivity contribution in [3.8, 4) is 0 Å². The van der Waals surface area contributed by atoms with E-state index in [4.69, 9.17) is 9.47 Å². The van der Waals surface area contributed by atoms with Gasteiger partial charge in [-0.1, -0.05) is 0 Å². The van der Waals surface area contributed by atoms with Crippen molar-refractivity contribution >= 4 is 6.16 Å². The van der Waals surface area contributed by atoms with Crippen LogP contribution < -0.4 is 0 Å². The van der Waals surface area contributed by atoms with Gasteiger partial charge in [-0.05, 0) is 33.8 Å². The van der Waals surface area contributed by atoms with Crippen LogP contribution in [0, 0.1) is 0 Å². The lowest BCUT2D eigenvalue weighted by Gasteiger charge is -2.18. The highest BCUT2D eigenvalue weighted by Gasteiger charge is 2.40. The van der Waals surface area contributed by atoms with Gasteiger partial charge in [0, 0.05) is 0 Å². The number of carbonyl (C=O) groups is 1. The van der Waals surface area contributed by atoms with E-state index in [0.717, 1.165) is 0 Å². The molecule has 0 aliphatic carbocycles. The molecule has 0 radical (unpaired) electrons. The minimum Gasteiger partial charge on any atom is -0.420 e. The molecule has 4 nitrogen and oxygen atoms in total. The monoisotopic (exact) mass is 186 g/mol. The Morgan fingerprint density at radius 3 is 2.31 bits per heavy atom. The summed E-state index contributed by atoms with van der Waals surface area (Å²) >= 11 is 0. The third-order valence-corrected chi connectivity index (χ3v) is 1.61. The maximum Gasteiger partial charge on any atom is 0.514 e. The average Bonchev–Trinajstić information content (AvgIpc) is 2.00. The van der Waals surface area contributed by atoms with Gasteiger partial charge in [-0.15, -0.1) is 0 Å². The molecule has 0 saturated carbocycles. The van der Waals surface area contributed by atoms with Crippen LogP contribution in [0.1, 0.15) is 27.7 Å². The van der Waals surface area contributed by atoms with E-state index in [-0.39, 0.29) is 0 Å². The fourth-order valence-electron chi connectivity index (χ4n) is 1.02. The molecule has 0 aromatic carbocycles. The van der Waals surface area contributed by atoms with Gasteiger partial charge in [-0.25, -0.2) is 4.79 Å². The summed E-state index contributed by atoms with van der Waals surface area (Å²) in [4.78, 5) is 10.8. The van der Waals surface area contributed by atoms with E-state index < -0.39 is 17.4 Å². The molecule has 1 N–H and O–H groups in total. The quantitative estimate of drug-likeness (QED) is 0.632. The lowest BCUT2D eigenvalue weighted by molar-refractivity contribution is 0.0861. The zero-order chi connectivity index (χ0) is 10.3. The first-order chi connectivity index (χ1) is 5.71. The summed E-state index contributed by atoms with van der Waals surface area (Å²) in [6, 6.07) is 0. The Hall–Kier alpha value is -1.03. The second-order valence-electron chi connectivity index (χ2n) is 4.13. The van der Waals surface area contributed by atoms with Gasteiger partial charge >= 0.3 is 6.16 Å². The molecular formula is C9H14O4. The Morgan fingerprint density at radius 1 is 1.46 bits per heavy atom. The first-order valence-electron chi connectivity index (χ1n) is 4.07. The summed E-state index contributed by atoms with van der Waals surface area (Å²) in [5.74, 6) is 0.352. The summed E-state index contributed by atoms with van der Waals surface area (Å²) in [7, 11) is 0. The van der Waals surface area contributed by atoms with E-state index in [9.17, 15) is 9.90 Å². The molecule has 1 rings (SSSR count). The van der Waals surface area contributed by atoms with Gasteiger partial charge < -0.3 is 14.6 Å². The van der Waals surface area contributed by atoms with Crippen LogP contribution in [0.4, 0.5) is 4.79 Å². The Balaban J connectivity index is 2.94. The molecule has 74 valence electrons. The summed E-state index contributed by atoms with van der Waals surface area (Å²) in [6.07, 6.45) is 0.748. The van der Waals surface area contributed by atoms with Crippen LogP contribution >= 0.6 is 0 Å². The van der Waals surface area contributed by atoms with Gasteiger partial charge in [0.25, 0.3) is 0 Å². The van der Waals surface area contributed by atoms with E-state index in [1.807, 2.05) is 0 Å². The summed E-state index contributed by atoms with van der Waals surface area (Å²) < 4.78 is 9.66. The van der Waals surface area contributed by atoms with Crippen molar-refractivity contribution in [2.24, 2.45) is 0 Å².